The first kappa shape index (κ1) is 19.7. The maximum atomic E-state index is 12.0. The molecular formula is C22H26ClNO3. The lowest BCUT2D eigenvalue weighted by atomic mass is 9.88. The Morgan fingerprint density at radius 2 is 1.96 bits per heavy atom. The van der Waals surface area contributed by atoms with Crippen LogP contribution >= 0.6 is 11.6 Å². The molecule has 1 N–H and O–H groups in total. The van der Waals surface area contributed by atoms with Gasteiger partial charge in [-0.2, -0.15) is 0 Å². The van der Waals surface area contributed by atoms with E-state index in [1.165, 1.54) is 5.56 Å². The zero-order valence-corrected chi connectivity index (χ0v) is 16.8. The van der Waals surface area contributed by atoms with Crippen LogP contribution in [0.5, 0.6) is 5.75 Å². The molecule has 2 aromatic rings. The minimum Gasteiger partial charge on any atom is -0.496 e. The topological polar surface area (TPSA) is 49.8 Å². The molecule has 0 bridgehead atoms. The molecule has 3 rings (SSSR count). The first-order chi connectivity index (χ1) is 12.9. The number of likely N-dealkylation sites (tertiary alicyclic amines) is 1. The zero-order valence-electron chi connectivity index (χ0n) is 16.0. The predicted molar refractivity (Wildman–Crippen MR) is 108 cm³/mol. The third-order valence-electron chi connectivity index (χ3n) is 5.37. The Labute approximate surface area is 165 Å². The highest BCUT2D eigenvalue weighted by Gasteiger charge is 2.36. The average Bonchev–Trinajstić information content (AvgIpc) is 2.64. The average molecular weight is 388 g/mol. The predicted octanol–water partition coefficient (Wildman–Crippen LogP) is 4.99. The second-order valence-corrected chi connectivity index (χ2v) is 7.67. The second kappa shape index (κ2) is 8.32. The monoisotopic (exact) mass is 387 g/mol. The third-order valence-corrected chi connectivity index (χ3v) is 5.60. The van der Waals surface area contributed by atoms with Crippen molar-refractivity contribution in [3.63, 3.8) is 0 Å². The van der Waals surface area contributed by atoms with Gasteiger partial charge in [-0.05, 0) is 62.6 Å². The van der Waals surface area contributed by atoms with E-state index in [9.17, 15) is 9.90 Å². The molecule has 1 fully saturated rings. The maximum Gasteiger partial charge on any atom is 0.320 e. The van der Waals surface area contributed by atoms with E-state index in [0.29, 0.717) is 11.4 Å². The lowest BCUT2D eigenvalue weighted by Crippen LogP contribution is -2.47. The van der Waals surface area contributed by atoms with Crippen LogP contribution in [0.2, 0.25) is 5.02 Å². The van der Waals surface area contributed by atoms with Gasteiger partial charge in [0.15, 0.2) is 0 Å². The summed E-state index contributed by atoms with van der Waals surface area (Å²) in [6.07, 6.45) is 2.56. The lowest BCUT2D eigenvalue weighted by Gasteiger charge is -2.40. The van der Waals surface area contributed by atoms with Crippen LogP contribution in [0.1, 0.15) is 47.6 Å². The molecule has 1 aliphatic heterocycles. The fraction of sp³-hybridized carbons (Fsp3) is 0.409. The van der Waals surface area contributed by atoms with Gasteiger partial charge in [0, 0.05) is 10.6 Å². The Bertz CT molecular complexity index is 836. The molecule has 144 valence electrons. The molecule has 0 radical (unpaired) electrons. The number of hydrogen-bond donors (Lipinski definition) is 1. The number of carboxylic acids is 1. The third kappa shape index (κ3) is 4.12. The van der Waals surface area contributed by atoms with Crippen LogP contribution in [0.4, 0.5) is 0 Å². The molecule has 2 aromatic carbocycles. The van der Waals surface area contributed by atoms with Gasteiger partial charge < -0.3 is 9.84 Å². The van der Waals surface area contributed by atoms with E-state index in [-0.39, 0.29) is 6.04 Å². The smallest absolute Gasteiger partial charge is 0.320 e. The molecule has 0 aromatic heterocycles. The number of aryl methyl sites for hydroxylation is 2. The molecule has 0 saturated carbocycles. The van der Waals surface area contributed by atoms with Gasteiger partial charge in [0.1, 0.15) is 11.8 Å². The van der Waals surface area contributed by atoms with Gasteiger partial charge in [-0.15, -0.1) is 0 Å². The minimum absolute atomic E-state index is 0.222. The number of piperidine rings is 1. The van der Waals surface area contributed by atoms with Crippen LogP contribution in [0.15, 0.2) is 36.4 Å². The first-order valence-electron chi connectivity index (χ1n) is 9.31. The van der Waals surface area contributed by atoms with Crippen molar-refractivity contribution < 1.29 is 14.6 Å². The van der Waals surface area contributed by atoms with Crippen molar-refractivity contribution in [2.24, 2.45) is 0 Å². The van der Waals surface area contributed by atoms with Gasteiger partial charge in [-0.3, -0.25) is 9.69 Å². The van der Waals surface area contributed by atoms with Crippen LogP contribution in [0.3, 0.4) is 0 Å². The molecule has 0 spiro atoms. The van der Waals surface area contributed by atoms with Gasteiger partial charge in [0.2, 0.25) is 0 Å². The number of benzene rings is 2. The van der Waals surface area contributed by atoms with E-state index in [1.807, 2.05) is 12.1 Å². The number of aliphatic carboxylic acids is 1. The minimum atomic E-state index is -0.773. The van der Waals surface area contributed by atoms with Crippen molar-refractivity contribution in [2.75, 3.05) is 13.7 Å². The van der Waals surface area contributed by atoms with Crippen molar-refractivity contribution in [2.45, 2.75) is 45.2 Å². The number of halogens is 1. The molecule has 0 amide bonds. The van der Waals surface area contributed by atoms with Crippen LogP contribution in [0, 0.1) is 13.8 Å². The highest BCUT2D eigenvalue weighted by Crippen LogP contribution is 2.40. The summed E-state index contributed by atoms with van der Waals surface area (Å²) in [6.45, 7) is 4.86. The largest absolute Gasteiger partial charge is 0.496 e. The number of methoxy groups -OCH3 is 1. The normalized spacial score (nSPS) is 18.9. The molecule has 2 unspecified atom stereocenters. The highest BCUT2D eigenvalue weighted by atomic mass is 35.5. The van der Waals surface area contributed by atoms with Gasteiger partial charge in [0.05, 0.1) is 13.2 Å². The van der Waals surface area contributed by atoms with Crippen molar-refractivity contribution in [1.82, 2.24) is 4.90 Å². The molecule has 1 aliphatic rings. The summed E-state index contributed by atoms with van der Waals surface area (Å²) in [4.78, 5) is 14.1. The Morgan fingerprint density at radius 1 is 1.19 bits per heavy atom. The van der Waals surface area contributed by atoms with Crippen molar-refractivity contribution in [3.05, 3.63) is 63.7 Å². The first-order valence-corrected chi connectivity index (χ1v) is 9.69. The highest BCUT2D eigenvalue weighted by molar-refractivity contribution is 6.30. The standard InChI is InChI=1S/C22H26ClNO3/c1-14-7-9-17(15(2)12-14)21(18-13-16(23)8-10-20(18)27-3)24-11-5-4-6-19(24)22(25)26/h7-10,12-13,19,21H,4-6,11H2,1-3H3,(H,25,26). The summed E-state index contributed by atoms with van der Waals surface area (Å²) in [5.41, 5.74) is 4.32. The lowest BCUT2D eigenvalue weighted by molar-refractivity contribution is -0.145. The molecule has 27 heavy (non-hydrogen) atoms. The summed E-state index contributed by atoms with van der Waals surface area (Å²) in [5, 5.41) is 10.5. The van der Waals surface area contributed by atoms with Crippen LogP contribution < -0.4 is 4.74 Å². The molecular weight excluding hydrogens is 362 g/mol. The number of nitrogens with zero attached hydrogens (tertiary/aromatic N) is 1. The van der Waals surface area contributed by atoms with E-state index in [2.05, 4.69) is 36.9 Å². The van der Waals surface area contributed by atoms with E-state index in [1.54, 1.807) is 13.2 Å². The van der Waals surface area contributed by atoms with Crippen LogP contribution in [-0.4, -0.2) is 35.7 Å². The summed E-state index contributed by atoms with van der Waals surface area (Å²) in [7, 11) is 1.64. The van der Waals surface area contributed by atoms with Gasteiger partial charge in [0.25, 0.3) is 0 Å². The van der Waals surface area contributed by atoms with Crippen LogP contribution in [-0.2, 0) is 4.79 Å². The Kier molecular flexibility index (Phi) is 6.08. The molecule has 5 heteroatoms. The number of carbonyl (C=O) groups is 1. The molecule has 2 atom stereocenters. The van der Waals surface area contributed by atoms with Crippen molar-refractivity contribution >= 4 is 17.6 Å². The van der Waals surface area contributed by atoms with Crippen molar-refractivity contribution in [1.29, 1.82) is 0 Å². The summed E-state index contributed by atoms with van der Waals surface area (Å²) < 4.78 is 5.62. The molecule has 0 aliphatic carbocycles. The van der Waals surface area contributed by atoms with Gasteiger partial charge >= 0.3 is 5.97 Å². The van der Waals surface area contributed by atoms with E-state index in [0.717, 1.165) is 41.8 Å². The quantitative estimate of drug-likeness (QED) is 0.784. The summed E-state index contributed by atoms with van der Waals surface area (Å²) in [5.74, 6) is -0.0513. The molecule has 4 nitrogen and oxygen atoms in total. The SMILES string of the molecule is COc1ccc(Cl)cc1C(c1ccc(C)cc1C)N1CCCCC1C(=O)O. The second-order valence-electron chi connectivity index (χ2n) is 7.24. The van der Waals surface area contributed by atoms with E-state index < -0.39 is 12.0 Å². The fourth-order valence-electron chi connectivity index (χ4n) is 4.10. The number of carboxylic acid groups (broad SMARTS) is 1. The summed E-state index contributed by atoms with van der Waals surface area (Å²) >= 11 is 6.32. The van der Waals surface area contributed by atoms with Crippen molar-refractivity contribution in [3.8, 4) is 5.75 Å². The van der Waals surface area contributed by atoms with E-state index in [4.69, 9.17) is 16.3 Å². The van der Waals surface area contributed by atoms with Crippen LogP contribution in [0.25, 0.3) is 0 Å². The Hall–Kier alpha value is -2.04. The Morgan fingerprint density at radius 3 is 2.63 bits per heavy atom. The maximum absolute atomic E-state index is 12.0. The van der Waals surface area contributed by atoms with E-state index >= 15 is 0 Å². The van der Waals surface area contributed by atoms with Gasteiger partial charge in [-0.1, -0.05) is 41.8 Å². The molecule has 1 saturated heterocycles. The number of hydrogen-bond acceptors (Lipinski definition) is 3. The zero-order chi connectivity index (χ0) is 19.6. The fourth-order valence-corrected chi connectivity index (χ4v) is 4.28. The molecule has 1 heterocycles. The number of ether oxygens (including phenoxy) is 1. The van der Waals surface area contributed by atoms with Gasteiger partial charge in [-0.25, -0.2) is 0 Å². The summed E-state index contributed by atoms with van der Waals surface area (Å²) in [6, 6.07) is 11.1. The number of rotatable bonds is 5. The Balaban J connectivity index is 2.20.